The minimum Gasteiger partial charge on any atom is -0.481 e. The molecule has 2 aliphatic heterocycles. The van der Waals surface area contributed by atoms with Crippen molar-refractivity contribution in [1.82, 2.24) is 14.5 Å². The van der Waals surface area contributed by atoms with Gasteiger partial charge in [-0.1, -0.05) is 12.1 Å². The van der Waals surface area contributed by atoms with Crippen LogP contribution in [0.5, 0.6) is 0 Å². The third kappa shape index (κ3) is 3.67. The number of fused-ring (bicyclic) bond motifs is 1. The molecule has 1 aromatic carbocycles. The fourth-order valence-electron chi connectivity index (χ4n) is 3.93. The van der Waals surface area contributed by atoms with Crippen LogP contribution in [0.2, 0.25) is 0 Å². The van der Waals surface area contributed by atoms with Gasteiger partial charge in [0.05, 0.1) is 5.92 Å². The largest absolute Gasteiger partial charge is 0.481 e. The van der Waals surface area contributed by atoms with E-state index >= 15 is 0 Å². The van der Waals surface area contributed by atoms with Crippen LogP contribution in [-0.2, 0) is 17.8 Å². The van der Waals surface area contributed by atoms with Gasteiger partial charge in [-0.2, -0.15) is 0 Å². The zero-order valence-corrected chi connectivity index (χ0v) is 15.2. The van der Waals surface area contributed by atoms with Gasteiger partial charge in [0.25, 0.3) is 0 Å². The van der Waals surface area contributed by atoms with E-state index in [9.17, 15) is 9.59 Å². The molecule has 0 spiro atoms. The summed E-state index contributed by atoms with van der Waals surface area (Å²) in [7, 11) is 0. The van der Waals surface area contributed by atoms with Crippen molar-refractivity contribution in [3.8, 4) is 11.4 Å². The number of piperidine rings is 1. The summed E-state index contributed by atoms with van der Waals surface area (Å²) < 4.78 is 2.26. The van der Waals surface area contributed by atoms with Crippen molar-refractivity contribution in [2.24, 2.45) is 5.92 Å². The third-order valence-corrected chi connectivity index (χ3v) is 5.51. The average Bonchev–Trinajstić information content (AvgIpc) is 3.12. The number of hydrogen-bond acceptors (Lipinski definition) is 3. The molecule has 0 unspecified atom stereocenters. The van der Waals surface area contributed by atoms with Gasteiger partial charge in [0.15, 0.2) is 0 Å². The first kappa shape index (κ1) is 17.6. The molecule has 0 saturated carbocycles. The van der Waals surface area contributed by atoms with E-state index in [0.717, 1.165) is 30.0 Å². The van der Waals surface area contributed by atoms with Crippen LogP contribution in [0.25, 0.3) is 11.4 Å². The Bertz CT molecular complexity index is 853. The quantitative estimate of drug-likeness (QED) is 0.871. The van der Waals surface area contributed by atoms with Crippen LogP contribution in [0.4, 0.5) is 10.5 Å². The number of nitrogens with one attached hydrogen (secondary N) is 1. The summed E-state index contributed by atoms with van der Waals surface area (Å²) >= 11 is 0. The molecule has 7 heteroatoms. The first-order chi connectivity index (χ1) is 13.1. The normalized spacial score (nSPS) is 17.4. The highest BCUT2D eigenvalue weighted by Crippen LogP contribution is 2.26. The number of anilines is 1. The Morgan fingerprint density at radius 1 is 1.15 bits per heavy atom. The Hall–Kier alpha value is -2.83. The van der Waals surface area contributed by atoms with E-state index in [0.29, 0.717) is 25.9 Å². The Morgan fingerprint density at radius 3 is 2.74 bits per heavy atom. The maximum Gasteiger partial charge on any atom is 0.321 e. The fourth-order valence-corrected chi connectivity index (χ4v) is 3.93. The van der Waals surface area contributed by atoms with E-state index in [-0.39, 0.29) is 11.9 Å². The minimum absolute atomic E-state index is 0.180. The first-order valence-electron chi connectivity index (χ1n) is 9.55. The van der Waals surface area contributed by atoms with E-state index in [2.05, 4.69) is 14.9 Å². The molecular formula is C20H24N4O3. The Kier molecular flexibility index (Phi) is 4.83. The van der Waals surface area contributed by atoms with Crippen LogP contribution in [0, 0.1) is 5.92 Å². The number of carboxylic acids is 1. The first-order valence-corrected chi connectivity index (χ1v) is 9.55. The van der Waals surface area contributed by atoms with E-state index in [1.165, 1.54) is 18.5 Å². The van der Waals surface area contributed by atoms with Crippen molar-refractivity contribution in [2.45, 2.75) is 38.6 Å². The number of aromatic nitrogens is 2. The van der Waals surface area contributed by atoms with Crippen molar-refractivity contribution in [3.63, 3.8) is 0 Å². The lowest BCUT2D eigenvalue weighted by atomic mass is 9.97. The molecule has 142 valence electrons. The smallest absolute Gasteiger partial charge is 0.321 e. The van der Waals surface area contributed by atoms with Crippen LogP contribution in [-0.4, -0.2) is 44.6 Å². The van der Waals surface area contributed by atoms with Crippen LogP contribution in [0.1, 0.15) is 31.4 Å². The van der Waals surface area contributed by atoms with Crippen LogP contribution < -0.4 is 5.32 Å². The zero-order chi connectivity index (χ0) is 18.8. The molecule has 27 heavy (non-hydrogen) atoms. The third-order valence-electron chi connectivity index (χ3n) is 5.51. The SMILES string of the molecule is O=C(O)C1CCN(C(=O)Nc2cccc(-c3ncc4n3CCCC4)c2)CC1. The number of carbonyl (C=O) groups excluding carboxylic acids is 1. The summed E-state index contributed by atoms with van der Waals surface area (Å²) in [5.41, 5.74) is 2.99. The highest BCUT2D eigenvalue weighted by molar-refractivity contribution is 5.90. The molecule has 4 rings (SSSR count). The molecule has 2 N–H and O–H groups in total. The highest BCUT2D eigenvalue weighted by atomic mass is 16.4. The maximum atomic E-state index is 12.5. The van der Waals surface area contributed by atoms with Crippen molar-refractivity contribution in [2.75, 3.05) is 18.4 Å². The number of carboxylic acid groups (broad SMARTS) is 1. The number of benzene rings is 1. The molecule has 0 atom stereocenters. The van der Waals surface area contributed by atoms with Gasteiger partial charge in [0, 0.05) is 42.8 Å². The summed E-state index contributed by atoms with van der Waals surface area (Å²) in [4.78, 5) is 29.8. The van der Waals surface area contributed by atoms with Crippen molar-refractivity contribution >= 4 is 17.7 Å². The fraction of sp³-hybridized carbons (Fsp3) is 0.450. The predicted octanol–water partition coefficient (Wildman–Crippen LogP) is 3.21. The van der Waals surface area contributed by atoms with E-state index in [1.54, 1.807) is 4.90 Å². The molecule has 1 fully saturated rings. The molecule has 0 aliphatic carbocycles. The van der Waals surface area contributed by atoms with Gasteiger partial charge >= 0.3 is 12.0 Å². The number of nitrogens with zero attached hydrogens (tertiary/aromatic N) is 3. The molecule has 1 saturated heterocycles. The number of carbonyl (C=O) groups is 2. The number of aryl methyl sites for hydroxylation is 1. The number of imidazole rings is 1. The molecule has 1 aromatic heterocycles. The van der Waals surface area contributed by atoms with Crippen molar-refractivity contribution < 1.29 is 14.7 Å². The number of aliphatic carboxylic acids is 1. The molecule has 0 radical (unpaired) electrons. The molecule has 2 aliphatic rings. The van der Waals surface area contributed by atoms with Gasteiger partial charge in [-0.3, -0.25) is 4.79 Å². The van der Waals surface area contributed by atoms with E-state index in [1.807, 2.05) is 30.5 Å². The second-order valence-electron chi connectivity index (χ2n) is 7.29. The van der Waals surface area contributed by atoms with Gasteiger partial charge in [-0.25, -0.2) is 9.78 Å². The van der Waals surface area contributed by atoms with Gasteiger partial charge in [0.2, 0.25) is 0 Å². The highest BCUT2D eigenvalue weighted by Gasteiger charge is 2.27. The Morgan fingerprint density at radius 2 is 1.96 bits per heavy atom. The molecule has 3 heterocycles. The maximum absolute atomic E-state index is 12.5. The Labute approximate surface area is 158 Å². The van der Waals surface area contributed by atoms with Gasteiger partial charge < -0.3 is 19.9 Å². The van der Waals surface area contributed by atoms with Gasteiger partial charge in [0.1, 0.15) is 5.82 Å². The number of rotatable bonds is 3. The van der Waals surface area contributed by atoms with Crippen molar-refractivity contribution in [3.05, 3.63) is 36.2 Å². The summed E-state index contributed by atoms with van der Waals surface area (Å²) in [5.74, 6) is -0.169. The molecule has 2 amide bonds. The monoisotopic (exact) mass is 368 g/mol. The summed E-state index contributed by atoms with van der Waals surface area (Å²) in [6.45, 7) is 1.92. The average molecular weight is 368 g/mol. The summed E-state index contributed by atoms with van der Waals surface area (Å²) in [6.07, 6.45) is 6.40. The topological polar surface area (TPSA) is 87.5 Å². The lowest BCUT2D eigenvalue weighted by Crippen LogP contribution is -2.42. The van der Waals surface area contributed by atoms with E-state index in [4.69, 9.17) is 5.11 Å². The van der Waals surface area contributed by atoms with Crippen molar-refractivity contribution in [1.29, 1.82) is 0 Å². The molecule has 0 bridgehead atoms. The standard InChI is InChI=1S/C20H24N4O3/c25-19(26)14-7-10-23(11-8-14)20(27)22-16-5-3-4-15(12-16)18-21-13-17-6-1-2-9-24(17)18/h3-5,12-14H,1-2,6-11H2,(H,22,27)(H,25,26). The number of amides is 2. The predicted molar refractivity (Wildman–Crippen MR) is 102 cm³/mol. The molecule has 2 aromatic rings. The molecular weight excluding hydrogens is 344 g/mol. The second-order valence-corrected chi connectivity index (χ2v) is 7.29. The second kappa shape index (κ2) is 7.42. The lowest BCUT2D eigenvalue weighted by molar-refractivity contribution is -0.143. The van der Waals surface area contributed by atoms with Gasteiger partial charge in [-0.05, 0) is 44.2 Å². The Balaban J connectivity index is 1.45. The molecule has 7 nitrogen and oxygen atoms in total. The minimum atomic E-state index is -0.772. The van der Waals surface area contributed by atoms with Gasteiger partial charge in [-0.15, -0.1) is 0 Å². The van der Waals surface area contributed by atoms with Crippen LogP contribution in [0.3, 0.4) is 0 Å². The lowest BCUT2D eigenvalue weighted by Gasteiger charge is -2.30. The summed E-state index contributed by atoms with van der Waals surface area (Å²) in [5, 5.41) is 12.0. The number of hydrogen-bond donors (Lipinski definition) is 2. The summed E-state index contributed by atoms with van der Waals surface area (Å²) in [6, 6.07) is 7.57. The zero-order valence-electron chi connectivity index (χ0n) is 15.2. The number of urea groups is 1. The van der Waals surface area contributed by atoms with Crippen LogP contribution in [0.15, 0.2) is 30.5 Å². The van der Waals surface area contributed by atoms with Crippen LogP contribution >= 0.6 is 0 Å². The number of likely N-dealkylation sites (tertiary alicyclic amines) is 1. The van der Waals surface area contributed by atoms with E-state index < -0.39 is 5.97 Å².